The van der Waals surface area contributed by atoms with Crippen molar-refractivity contribution in [3.8, 4) is 22.9 Å². The Balaban J connectivity index is 0.759. The maximum Gasteiger partial charge on any atom is 0.145 e. The third-order valence-electron chi connectivity index (χ3n) is 12.4. The highest BCUT2D eigenvalue weighted by molar-refractivity contribution is 6.08. The minimum atomic E-state index is 0.726. The summed E-state index contributed by atoms with van der Waals surface area (Å²) in [5, 5.41) is 4.72. The van der Waals surface area contributed by atoms with Crippen molar-refractivity contribution >= 4 is 66.6 Å². The molecule has 0 aliphatic carbocycles. The zero-order chi connectivity index (χ0) is 42.0. The number of aromatic nitrogens is 4. The fourth-order valence-corrected chi connectivity index (χ4v) is 9.35. The highest BCUT2D eigenvalue weighted by Gasteiger charge is 2.23. The maximum absolute atomic E-state index is 6.54. The Kier molecular flexibility index (Phi) is 8.53. The van der Waals surface area contributed by atoms with Crippen molar-refractivity contribution < 1.29 is 4.74 Å². The Labute approximate surface area is 364 Å². The normalized spacial score (nSPS) is 14.1. The predicted molar refractivity (Wildman–Crippen MR) is 256 cm³/mol. The SMILES string of the molecule is CN1CN(c2cccc(Oc3cccc(N4C=C(c5ccc(-n6c7ccccc7c7cccnc76)cc5)N(C)C4)c3)c2)C=C1c1ccc(-n2c3ccccc3c3cccnc32)cc1. The van der Waals surface area contributed by atoms with E-state index in [2.05, 4.69) is 201 Å². The molecule has 4 aromatic heterocycles. The van der Waals surface area contributed by atoms with Gasteiger partial charge >= 0.3 is 0 Å². The zero-order valence-electron chi connectivity index (χ0n) is 34.9. The average Bonchev–Trinajstić information content (AvgIpc) is 4.10. The van der Waals surface area contributed by atoms with Gasteiger partial charge in [-0.2, -0.15) is 0 Å². The lowest BCUT2D eigenvalue weighted by atomic mass is 10.1. The van der Waals surface area contributed by atoms with Crippen LogP contribution >= 0.6 is 0 Å². The molecule has 0 saturated heterocycles. The Bertz CT molecular complexity index is 3100. The third kappa shape index (κ3) is 6.24. The van der Waals surface area contributed by atoms with Crippen molar-refractivity contribution in [2.75, 3.05) is 37.2 Å². The lowest BCUT2D eigenvalue weighted by molar-refractivity contribution is 0.481. The molecule has 12 rings (SSSR count). The fourth-order valence-electron chi connectivity index (χ4n) is 9.35. The van der Waals surface area contributed by atoms with Crippen LogP contribution in [0.5, 0.6) is 11.5 Å². The van der Waals surface area contributed by atoms with E-state index >= 15 is 0 Å². The third-order valence-corrected chi connectivity index (χ3v) is 12.4. The highest BCUT2D eigenvalue weighted by atomic mass is 16.5. The summed E-state index contributed by atoms with van der Waals surface area (Å²) >= 11 is 0. The van der Waals surface area contributed by atoms with Crippen molar-refractivity contribution in [1.29, 1.82) is 0 Å². The molecule has 0 fully saturated rings. The summed E-state index contributed by atoms with van der Waals surface area (Å²) in [6.07, 6.45) is 8.17. The summed E-state index contributed by atoms with van der Waals surface area (Å²) in [6.45, 7) is 1.45. The van der Waals surface area contributed by atoms with Gasteiger partial charge in [0, 0.05) is 95.3 Å². The van der Waals surface area contributed by atoms with Crippen LogP contribution in [0.2, 0.25) is 0 Å². The number of para-hydroxylation sites is 2. The van der Waals surface area contributed by atoms with Crippen LogP contribution in [0.25, 0.3) is 66.6 Å². The number of anilines is 2. The fraction of sp³-hybridized carbons (Fsp3) is 0.0741. The van der Waals surface area contributed by atoms with Crippen LogP contribution in [-0.2, 0) is 0 Å². The lowest BCUT2D eigenvalue weighted by Gasteiger charge is -2.21. The van der Waals surface area contributed by atoms with E-state index in [0.29, 0.717) is 0 Å². The lowest BCUT2D eigenvalue weighted by Crippen LogP contribution is -2.23. The van der Waals surface area contributed by atoms with Crippen LogP contribution in [-0.4, -0.2) is 56.3 Å². The number of benzene rings is 6. The molecule has 0 spiro atoms. The van der Waals surface area contributed by atoms with Gasteiger partial charge in [0.05, 0.1) is 35.8 Å². The number of ether oxygens (including phenoxy) is 1. The second-order valence-corrected chi connectivity index (χ2v) is 16.3. The van der Waals surface area contributed by atoms with Crippen molar-refractivity contribution in [2.24, 2.45) is 0 Å². The number of hydrogen-bond donors (Lipinski definition) is 0. The first-order valence-corrected chi connectivity index (χ1v) is 21.2. The molecule has 304 valence electrons. The van der Waals surface area contributed by atoms with Crippen LogP contribution in [0.1, 0.15) is 11.1 Å². The monoisotopic (exact) mass is 818 g/mol. The van der Waals surface area contributed by atoms with Gasteiger partial charge in [-0.05, 0) is 96.1 Å². The minimum Gasteiger partial charge on any atom is -0.457 e. The molecular weight excluding hydrogens is 777 g/mol. The van der Waals surface area contributed by atoms with E-state index in [1.807, 2.05) is 36.7 Å². The molecule has 0 bridgehead atoms. The van der Waals surface area contributed by atoms with E-state index in [4.69, 9.17) is 14.7 Å². The standard InChI is InChI=1S/C54H42N8O/c1-57-35-59(33-51(57)37-21-25-39(26-22-37)61-49-19-5-3-15-45(49)47-17-9-29-55-53(47)61)41-11-7-13-43(31-41)63-44-14-8-12-42(32-44)60-34-52(58(2)36-60)38-23-27-40(28-24-38)62-50-20-6-4-16-46(50)48-18-10-30-56-54(48)62/h3-34H,35-36H2,1-2H3. The summed E-state index contributed by atoms with van der Waals surface area (Å²) in [4.78, 5) is 18.6. The summed E-state index contributed by atoms with van der Waals surface area (Å²) in [5.74, 6) is 1.57. The molecular formula is C54H42N8O. The van der Waals surface area contributed by atoms with Crippen molar-refractivity contribution in [1.82, 2.24) is 28.9 Å². The minimum absolute atomic E-state index is 0.726. The largest absolute Gasteiger partial charge is 0.457 e. The Morgan fingerprint density at radius 1 is 0.413 bits per heavy atom. The molecule has 0 N–H and O–H groups in total. The first kappa shape index (κ1) is 36.5. The molecule has 6 aromatic carbocycles. The zero-order valence-corrected chi connectivity index (χ0v) is 34.9. The van der Waals surface area contributed by atoms with Crippen molar-refractivity contribution in [3.63, 3.8) is 0 Å². The average molecular weight is 819 g/mol. The van der Waals surface area contributed by atoms with E-state index in [-0.39, 0.29) is 0 Å². The van der Waals surface area contributed by atoms with E-state index in [9.17, 15) is 0 Å². The number of fused-ring (bicyclic) bond motifs is 6. The Hall–Kier alpha value is -8.30. The van der Waals surface area contributed by atoms with Gasteiger partial charge in [-0.1, -0.05) is 72.8 Å². The number of rotatable bonds is 8. The molecule has 6 heterocycles. The van der Waals surface area contributed by atoms with E-state index < -0.39 is 0 Å². The van der Waals surface area contributed by atoms with Gasteiger partial charge in [0.25, 0.3) is 0 Å². The summed E-state index contributed by atoms with van der Waals surface area (Å²) in [7, 11) is 4.27. The van der Waals surface area contributed by atoms with Gasteiger partial charge in [-0.25, -0.2) is 9.97 Å². The predicted octanol–water partition coefficient (Wildman–Crippen LogP) is 11.9. The van der Waals surface area contributed by atoms with Gasteiger partial charge in [0.1, 0.15) is 22.8 Å². The van der Waals surface area contributed by atoms with Gasteiger partial charge in [-0.15, -0.1) is 0 Å². The summed E-state index contributed by atoms with van der Waals surface area (Å²) in [5.41, 5.74) is 13.1. The quantitative estimate of drug-likeness (QED) is 0.151. The van der Waals surface area contributed by atoms with E-state index in [1.54, 1.807) is 0 Å². The van der Waals surface area contributed by atoms with Crippen LogP contribution in [0.3, 0.4) is 0 Å². The second-order valence-electron chi connectivity index (χ2n) is 16.3. The van der Waals surface area contributed by atoms with Crippen LogP contribution in [0, 0.1) is 0 Å². The molecule has 63 heavy (non-hydrogen) atoms. The van der Waals surface area contributed by atoms with E-state index in [1.165, 1.54) is 10.8 Å². The first-order chi connectivity index (χ1) is 31.0. The maximum atomic E-state index is 6.54. The van der Waals surface area contributed by atoms with Crippen molar-refractivity contribution in [2.45, 2.75) is 0 Å². The molecule has 2 aliphatic heterocycles. The Morgan fingerprint density at radius 2 is 0.841 bits per heavy atom. The first-order valence-electron chi connectivity index (χ1n) is 21.2. The number of hydrogen-bond acceptors (Lipinski definition) is 7. The van der Waals surface area contributed by atoms with Gasteiger partial charge < -0.3 is 24.3 Å². The number of nitrogens with zero attached hydrogens (tertiary/aromatic N) is 8. The van der Waals surface area contributed by atoms with Crippen LogP contribution in [0.4, 0.5) is 11.4 Å². The van der Waals surface area contributed by atoms with Crippen LogP contribution in [0.15, 0.2) is 195 Å². The van der Waals surface area contributed by atoms with Gasteiger partial charge in [-0.3, -0.25) is 9.13 Å². The smallest absolute Gasteiger partial charge is 0.145 e. The summed E-state index contributed by atoms with van der Waals surface area (Å²) < 4.78 is 11.0. The molecule has 0 atom stereocenters. The van der Waals surface area contributed by atoms with Crippen molar-refractivity contribution in [3.05, 3.63) is 206 Å². The summed E-state index contributed by atoms with van der Waals surface area (Å²) in [6, 6.07) is 59.5. The molecule has 9 nitrogen and oxygen atoms in total. The highest BCUT2D eigenvalue weighted by Crippen LogP contribution is 2.37. The van der Waals surface area contributed by atoms with E-state index in [0.717, 1.165) is 103 Å². The molecule has 2 aliphatic rings. The van der Waals surface area contributed by atoms with Gasteiger partial charge in [0.15, 0.2) is 0 Å². The number of pyridine rings is 2. The Morgan fingerprint density at radius 3 is 1.30 bits per heavy atom. The van der Waals surface area contributed by atoms with Gasteiger partial charge in [0.2, 0.25) is 0 Å². The molecule has 0 radical (unpaired) electrons. The molecule has 10 aromatic rings. The molecule has 9 heteroatoms. The molecule has 0 unspecified atom stereocenters. The van der Waals surface area contributed by atoms with Crippen LogP contribution < -0.4 is 14.5 Å². The topological polar surface area (TPSA) is 57.8 Å². The molecule has 0 amide bonds. The molecule has 0 saturated carbocycles. The second kappa shape index (κ2) is 14.7.